The molecule has 0 radical (unpaired) electrons. The van der Waals surface area contributed by atoms with Crippen molar-refractivity contribution in [3.05, 3.63) is 89.5 Å². The highest BCUT2D eigenvalue weighted by Gasteiger charge is 2.12. The van der Waals surface area contributed by atoms with Crippen LogP contribution in [0.5, 0.6) is 0 Å². The Hall–Kier alpha value is -3.18. The number of amides is 1. The summed E-state index contributed by atoms with van der Waals surface area (Å²) < 4.78 is 0. The first-order chi connectivity index (χ1) is 13.0. The van der Waals surface area contributed by atoms with Crippen LogP contribution in [0.4, 0.5) is 17.1 Å². The third kappa shape index (κ3) is 4.92. The van der Waals surface area contributed by atoms with Gasteiger partial charge in [0.1, 0.15) is 0 Å². The summed E-state index contributed by atoms with van der Waals surface area (Å²) >= 11 is 5.37. The summed E-state index contributed by atoms with van der Waals surface area (Å²) in [6.07, 6.45) is 0. The fourth-order valence-corrected chi connectivity index (χ4v) is 2.84. The van der Waals surface area contributed by atoms with E-state index in [2.05, 4.69) is 16.0 Å². The van der Waals surface area contributed by atoms with Crippen LogP contribution in [0.2, 0.25) is 0 Å². The van der Waals surface area contributed by atoms with Crippen molar-refractivity contribution < 1.29 is 4.79 Å². The molecule has 0 unspecified atom stereocenters. The normalized spacial score (nSPS) is 10.1. The molecule has 1 amide bonds. The summed E-state index contributed by atoms with van der Waals surface area (Å²) in [7, 11) is 0. The molecule has 4 nitrogen and oxygen atoms in total. The molecule has 0 fully saturated rings. The Balaban J connectivity index is 1.73. The molecule has 0 atom stereocenters. The molecule has 0 saturated carbocycles. The second kappa shape index (κ2) is 8.47. The standard InChI is InChI=1S/C22H21N3OS/c1-15-12-13-18(14-16(15)2)23-21(26)19-10-6-7-11-20(19)25-22(27)24-17-8-4-3-5-9-17/h3-14H,1-2H3,(H,23,26)(H2,24,25,27). The van der Waals surface area contributed by atoms with E-state index in [0.29, 0.717) is 16.4 Å². The van der Waals surface area contributed by atoms with Crippen LogP contribution >= 0.6 is 12.2 Å². The van der Waals surface area contributed by atoms with Crippen LogP contribution in [0.25, 0.3) is 0 Å². The molecule has 136 valence electrons. The van der Waals surface area contributed by atoms with Gasteiger partial charge < -0.3 is 16.0 Å². The maximum absolute atomic E-state index is 12.8. The molecule has 0 heterocycles. The molecule has 0 spiro atoms. The van der Waals surface area contributed by atoms with E-state index in [4.69, 9.17) is 12.2 Å². The molecule has 0 aliphatic rings. The summed E-state index contributed by atoms with van der Waals surface area (Å²) in [6.45, 7) is 4.06. The topological polar surface area (TPSA) is 53.2 Å². The lowest BCUT2D eigenvalue weighted by Gasteiger charge is -2.14. The predicted molar refractivity (Wildman–Crippen MR) is 117 cm³/mol. The zero-order valence-corrected chi connectivity index (χ0v) is 16.1. The van der Waals surface area contributed by atoms with Crippen molar-refractivity contribution in [2.24, 2.45) is 0 Å². The second-order valence-corrected chi connectivity index (χ2v) is 6.65. The lowest BCUT2D eigenvalue weighted by Crippen LogP contribution is -2.22. The zero-order chi connectivity index (χ0) is 19.2. The van der Waals surface area contributed by atoms with Crippen molar-refractivity contribution >= 4 is 40.3 Å². The number of rotatable bonds is 4. The first-order valence-corrected chi connectivity index (χ1v) is 9.04. The number of hydrogen-bond acceptors (Lipinski definition) is 2. The molecule has 3 rings (SSSR count). The average molecular weight is 375 g/mol. The zero-order valence-electron chi connectivity index (χ0n) is 15.2. The van der Waals surface area contributed by atoms with Gasteiger partial charge in [0, 0.05) is 11.4 Å². The minimum Gasteiger partial charge on any atom is -0.332 e. The fourth-order valence-electron chi connectivity index (χ4n) is 2.61. The van der Waals surface area contributed by atoms with Gasteiger partial charge >= 0.3 is 0 Å². The lowest BCUT2D eigenvalue weighted by atomic mass is 10.1. The highest BCUT2D eigenvalue weighted by Crippen LogP contribution is 2.20. The number of thiocarbonyl (C=S) groups is 1. The highest BCUT2D eigenvalue weighted by atomic mass is 32.1. The monoisotopic (exact) mass is 375 g/mol. The van der Waals surface area contributed by atoms with Gasteiger partial charge in [0.15, 0.2) is 5.11 Å². The molecular weight excluding hydrogens is 354 g/mol. The Labute approximate surface area is 164 Å². The molecule has 0 bridgehead atoms. The minimum atomic E-state index is -0.191. The summed E-state index contributed by atoms with van der Waals surface area (Å²) in [5.74, 6) is -0.191. The summed E-state index contributed by atoms with van der Waals surface area (Å²) in [6, 6.07) is 22.8. The van der Waals surface area contributed by atoms with Crippen LogP contribution in [0.1, 0.15) is 21.5 Å². The molecule has 27 heavy (non-hydrogen) atoms. The highest BCUT2D eigenvalue weighted by molar-refractivity contribution is 7.80. The van der Waals surface area contributed by atoms with E-state index in [1.807, 2.05) is 80.6 Å². The quantitative estimate of drug-likeness (QED) is 0.537. The summed E-state index contributed by atoms with van der Waals surface area (Å²) in [5, 5.41) is 9.58. The van der Waals surface area contributed by atoms with Crippen LogP contribution in [-0.4, -0.2) is 11.0 Å². The fraction of sp³-hybridized carbons (Fsp3) is 0.0909. The number of para-hydroxylation sites is 2. The van der Waals surface area contributed by atoms with Gasteiger partial charge in [-0.3, -0.25) is 4.79 Å². The smallest absolute Gasteiger partial charge is 0.257 e. The van der Waals surface area contributed by atoms with E-state index >= 15 is 0 Å². The van der Waals surface area contributed by atoms with E-state index in [1.165, 1.54) is 5.56 Å². The number of carbonyl (C=O) groups is 1. The van der Waals surface area contributed by atoms with Crippen molar-refractivity contribution in [2.45, 2.75) is 13.8 Å². The predicted octanol–water partition coefficient (Wildman–Crippen LogP) is 5.36. The lowest BCUT2D eigenvalue weighted by molar-refractivity contribution is 0.102. The van der Waals surface area contributed by atoms with Gasteiger partial charge in [-0.05, 0) is 73.6 Å². The van der Waals surface area contributed by atoms with E-state index in [1.54, 1.807) is 6.07 Å². The van der Waals surface area contributed by atoms with E-state index < -0.39 is 0 Å². The molecule has 0 aliphatic heterocycles. The van der Waals surface area contributed by atoms with Gasteiger partial charge in [-0.25, -0.2) is 0 Å². The number of carbonyl (C=O) groups excluding carboxylic acids is 1. The first kappa shape index (κ1) is 18.6. The van der Waals surface area contributed by atoms with Crippen LogP contribution in [-0.2, 0) is 0 Å². The number of nitrogens with one attached hydrogen (secondary N) is 3. The molecule has 5 heteroatoms. The van der Waals surface area contributed by atoms with E-state index in [-0.39, 0.29) is 5.91 Å². The Morgan fingerprint density at radius 3 is 2.19 bits per heavy atom. The van der Waals surface area contributed by atoms with Crippen molar-refractivity contribution in [1.29, 1.82) is 0 Å². The largest absolute Gasteiger partial charge is 0.332 e. The number of anilines is 3. The van der Waals surface area contributed by atoms with Crippen molar-refractivity contribution in [1.82, 2.24) is 0 Å². The van der Waals surface area contributed by atoms with Gasteiger partial charge in [0.25, 0.3) is 5.91 Å². The van der Waals surface area contributed by atoms with E-state index in [0.717, 1.165) is 16.9 Å². The molecule has 0 saturated heterocycles. The van der Waals surface area contributed by atoms with Crippen molar-refractivity contribution in [2.75, 3.05) is 16.0 Å². The maximum atomic E-state index is 12.8. The van der Waals surface area contributed by atoms with Crippen LogP contribution in [0.3, 0.4) is 0 Å². The molecule has 3 aromatic carbocycles. The maximum Gasteiger partial charge on any atom is 0.257 e. The Bertz CT molecular complexity index is 970. The Morgan fingerprint density at radius 2 is 1.44 bits per heavy atom. The number of benzene rings is 3. The van der Waals surface area contributed by atoms with Crippen molar-refractivity contribution in [3.63, 3.8) is 0 Å². The van der Waals surface area contributed by atoms with Gasteiger partial charge in [0.2, 0.25) is 0 Å². The van der Waals surface area contributed by atoms with Gasteiger partial charge in [0.05, 0.1) is 11.3 Å². The van der Waals surface area contributed by atoms with Gasteiger partial charge in [-0.15, -0.1) is 0 Å². The first-order valence-electron chi connectivity index (χ1n) is 8.63. The van der Waals surface area contributed by atoms with Gasteiger partial charge in [-0.2, -0.15) is 0 Å². The van der Waals surface area contributed by atoms with Crippen LogP contribution in [0, 0.1) is 13.8 Å². The SMILES string of the molecule is Cc1ccc(NC(=O)c2ccccc2NC(=S)Nc2ccccc2)cc1C. The molecular formula is C22H21N3OS. The van der Waals surface area contributed by atoms with Crippen LogP contribution < -0.4 is 16.0 Å². The average Bonchev–Trinajstić information content (AvgIpc) is 2.66. The summed E-state index contributed by atoms with van der Waals surface area (Å²) in [5.41, 5.74) is 5.13. The Kier molecular flexibility index (Phi) is 5.84. The van der Waals surface area contributed by atoms with Gasteiger partial charge in [-0.1, -0.05) is 36.4 Å². The molecule has 3 aromatic rings. The third-order valence-electron chi connectivity index (χ3n) is 4.22. The third-order valence-corrected chi connectivity index (χ3v) is 4.42. The molecule has 0 aliphatic carbocycles. The molecule has 0 aromatic heterocycles. The number of hydrogen-bond donors (Lipinski definition) is 3. The molecule has 3 N–H and O–H groups in total. The minimum absolute atomic E-state index is 0.191. The van der Waals surface area contributed by atoms with Crippen molar-refractivity contribution in [3.8, 4) is 0 Å². The summed E-state index contributed by atoms with van der Waals surface area (Å²) in [4.78, 5) is 12.8. The Morgan fingerprint density at radius 1 is 0.741 bits per heavy atom. The number of aryl methyl sites for hydroxylation is 2. The van der Waals surface area contributed by atoms with E-state index in [9.17, 15) is 4.79 Å². The van der Waals surface area contributed by atoms with Crippen LogP contribution in [0.15, 0.2) is 72.8 Å². The second-order valence-electron chi connectivity index (χ2n) is 6.24.